The zero-order valence-corrected chi connectivity index (χ0v) is 15.6. The molecule has 0 unspecified atom stereocenters. The highest BCUT2D eigenvalue weighted by Crippen LogP contribution is 2.22. The molecule has 1 amide bonds. The number of hydrogen-bond acceptors (Lipinski definition) is 4. The van der Waals surface area contributed by atoms with Crippen molar-refractivity contribution in [1.29, 1.82) is 0 Å². The minimum Gasteiger partial charge on any atom is -0.372 e. The van der Waals surface area contributed by atoms with Crippen LogP contribution in [0.4, 0.5) is 11.4 Å². The monoisotopic (exact) mass is 373 g/mol. The Morgan fingerprint density at radius 2 is 1.65 bits per heavy atom. The summed E-state index contributed by atoms with van der Waals surface area (Å²) in [7, 11) is -2.28. The highest BCUT2D eigenvalue weighted by atomic mass is 32.2. The molecule has 0 spiro atoms. The van der Waals surface area contributed by atoms with Crippen LogP contribution in [0.3, 0.4) is 0 Å². The third-order valence-corrected chi connectivity index (χ3v) is 6.26. The number of hydrogen-bond donors (Lipinski definition) is 1. The summed E-state index contributed by atoms with van der Waals surface area (Å²) in [6, 6.07) is 15.7. The molecule has 1 heterocycles. The molecule has 0 bridgehead atoms. The van der Waals surface area contributed by atoms with Crippen LogP contribution in [0, 0.1) is 0 Å². The molecule has 0 atom stereocenters. The lowest BCUT2D eigenvalue weighted by molar-refractivity contribution is -0.116. The van der Waals surface area contributed by atoms with Crippen molar-refractivity contribution in [3.8, 4) is 0 Å². The lowest BCUT2D eigenvalue weighted by Crippen LogP contribution is -2.34. The molecule has 1 saturated heterocycles. The second-order valence-corrected chi connectivity index (χ2v) is 8.41. The molecule has 1 fully saturated rings. The number of likely N-dealkylation sites (N-methyl/N-ethyl adjacent to an activating group) is 1. The molecule has 3 rings (SSSR count). The van der Waals surface area contributed by atoms with Gasteiger partial charge in [0.2, 0.25) is 15.9 Å². The van der Waals surface area contributed by atoms with E-state index >= 15 is 0 Å². The van der Waals surface area contributed by atoms with Crippen LogP contribution in [-0.2, 0) is 14.8 Å². The maximum Gasteiger partial charge on any atom is 0.243 e. The number of nitrogens with one attached hydrogen (secondary N) is 1. The van der Waals surface area contributed by atoms with E-state index in [2.05, 4.69) is 10.2 Å². The molecule has 0 radical (unpaired) electrons. The van der Waals surface area contributed by atoms with Crippen molar-refractivity contribution in [3.05, 3.63) is 54.6 Å². The first-order chi connectivity index (χ1) is 12.5. The van der Waals surface area contributed by atoms with E-state index in [1.165, 1.54) is 32.0 Å². The minimum absolute atomic E-state index is 0.172. The van der Waals surface area contributed by atoms with Gasteiger partial charge in [-0.05, 0) is 49.2 Å². The zero-order chi connectivity index (χ0) is 18.6. The van der Waals surface area contributed by atoms with Gasteiger partial charge in [0, 0.05) is 31.5 Å². The van der Waals surface area contributed by atoms with Gasteiger partial charge in [0.15, 0.2) is 0 Å². The van der Waals surface area contributed by atoms with Crippen LogP contribution in [0.2, 0.25) is 0 Å². The zero-order valence-electron chi connectivity index (χ0n) is 14.8. The number of sulfonamides is 1. The van der Waals surface area contributed by atoms with Gasteiger partial charge in [0.1, 0.15) is 0 Å². The molecule has 0 aromatic heterocycles. The SMILES string of the molecule is CN(CC(=O)Nc1ccc(N2CCCC2)cc1)S(=O)(=O)c1ccccc1. The van der Waals surface area contributed by atoms with Gasteiger partial charge in [-0.25, -0.2) is 8.42 Å². The van der Waals surface area contributed by atoms with Crippen LogP contribution in [-0.4, -0.2) is 45.3 Å². The van der Waals surface area contributed by atoms with Crippen molar-refractivity contribution in [2.24, 2.45) is 0 Å². The van der Waals surface area contributed by atoms with Crippen molar-refractivity contribution in [2.75, 3.05) is 36.9 Å². The smallest absolute Gasteiger partial charge is 0.243 e. The van der Waals surface area contributed by atoms with Gasteiger partial charge in [0.05, 0.1) is 11.4 Å². The van der Waals surface area contributed by atoms with E-state index in [0.717, 1.165) is 23.1 Å². The number of amides is 1. The standard InChI is InChI=1S/C19H23N3O3S/c1-21(26(24,25)18-7-3-2-4-8-18)15-19(23)20-16-9-11-17(12-10-16)22-13-5-6-14-22/h2-4,7-12H,5-6,13-15H2,1H3,(H,20,23). The number of rotatable bonds is 6. The van der Waals surface area contributed by atoms with E-state index in [1.54, 1.807) is 18.2 Å². The Morgan fingerprint density at radius 1 is 1.04 bits per heavy atom. The summed E-state index contributed by atoms with van der Waals surface area (Å²) in [6.07, 6.45) is 2.42. The van der Waals surface area contributed by atoms with Crippen molar-refractivity contribution < 1.29 is 13.2 Å². The fourth-order valence-corrected chi connectivity index (χ4v) is 4.14. The number of nitrogens with zero attached hydrogens (tertiary/aromatic N) is 2. The van der Waals surface area contributed by atoms with Gasteiger partial charge < -0.3 is 10.2 Å². The van der Waals surface area contributed by atoms with Gasteiger partial charge in [0.25, 0.3) is 0 Å². The van der Waals surface area contributed by atoms with E-state index in [-0.39, 0.29) is 17.3 Å². The Morgan fingerprint density at radius 3 is 2.27 bits per heavy atom. The summed E-state index contributed by atoms with van der Waals surface area (Å²) in [4.78, 5) is 14.7. The highest BCUT2D eigenvalue weighted by molar-refractivity contribution is 7.89. The quantitative estimate of drug-likeness (QED) is 0.845. The van der Waals surface area contributed by atoms with Gasteiger partial charge in [-0.1, -0.05) is 18.2 Å². The third kappa shape index (κ3) is 4.23. The van der Waals surface area contributed by atoms with E-state index in [1.807, 2.05) is 24.3 Å². The molecule has 1 N–H and O–H groups in total. The fraction of sp³-hybridized carbons (Fsp3) is 0.316. The molecule has 0 saturated carbocycles. The molecule has 138 valence electrons. The Bertz CT molecular complexity index is 845. The van der Waals surface area contributed by atoms with Crippen LogP contribution >= 0.6 is 0 Å². The largest absolute Gasteiger partial charge is 0.372 e. The minimum atomic E-state index is -3.68. The summed E-state index contributed by atoms with van der Waals surface area (Å²) in [5.74, 6) is -0.374. The van der Waals surface area contributed by atoms with Gasteiger partial charge >= 0.3 is 0 Å². The summed E-state index contributed by atoms with van der Waals surface area (Å²) in [5, 5.41) is 2.75. The van der Waals surface area contributed by atoms with Crippen molar-refractivity contribution >= 4 is 27.3 Å². The maximum atomic E-state index is 12.5. The molecule has 2 aromatic rings. The lowest BCUT2D eigenvalue weighted by atomic mass is 10.2. The highest BCUT2D eigenvalue weighted by Gasteiger charge is 2.22. The number of benzene rings is 2. The summed E-state index contributed by atoms with van der Waals surface area (Å²) >= 11 is 0. The average Bonchev–Trinajstić information content (AvgIpc) is 3.17. The van der Waals surface area contributed by atoms with Crippen molar-refractivity contribution in [2.45, 2.75) is 17.7 Å². The van der Waals surface area contributed by atoms with Gasteiger partial charge in [-0.2, -0.15) is 4.31 Å². The molecule has 1 aliphatic rings. The molecule has 2 aromatic carbocycles. The number of carbonyl (C=O) groups is 1. The van der Waals surface area contributed by atoms with Gasteiger partial charge in [-0.3, -0.25) is 4.79 Å². The van der Waals surface area contributed by atoms with Crippen LogP contribution in [0.5, 0.6) is 0 Å². The summed E-state index contributed by atoms with van der Waals surface area (Å²) in [5.41, 5.74) is 1.80. The predicted octanol–water partition coefficient (Wildman–Crippen LogP) is 2.55. The Labute approximate surface area is 154 Å². The second-order valence-electron chi connectivity index (χ2n) is 6.36. The molecular weight excluding hydrogens is 350 g/mol. The molecule has 0 aliphatic carbocycles. The Hall–Kier alpha value is -2.38. The van der Waals surface area contributed by atoms with E-state index in [4.69, 9.17) is 0 Å². The Kier molecular flexibility index (Phi) is 5.58. The molecular formula is C19H23N3O3S. The first-order valence-electron chi connectivity index (χ1n) is 8.63. The van der Waals surface area contributed by atoms with Crippen molar-refractivity contribution in [3.63, 3.8) is 0 Å². The summed E-state index contributed by atoms with van der Waals surface area (Å²) < 4.78 is 26.0. The van der Waals surface area contributed by atoms with Crippen LogP contribution in [0.1, 0.15) is 12.8 Å². The van der Waals surface area contributed by atoms with E-state index in [0.29, 0.717) is 5.69 Å². The maximum absolute atomic E-state index is 12.5. The van der Waals surface area contributed by atoms with E-state index in [9.17, 15) is 13.2 Å². The first-order valence-corrected chi connectivity index (χ1v) is 10.1. The lowest BCUT2D eigenvalue weighted by Gasteiger charge is -2.19. The first kappa shape index (κ1) is 18.4. The number of carbonyl (C=O) groups excluding carboxylic acids is 1. The third-order valence-electron chi connectivity index (χ3n) is 4.44. The molecule has 6 nitrogen and oxygen atoms in total. The number of anilines is 2. The van der Waals surface area contributed by atoms with Crippen molar-refractivity contribution in [1.82, 2.24) is 4.31 Å². The molecule has 1 aliphatic heterocycles. The van der Waals surface area contributed by atoms with Crippen LogP contribution in [0.15, 0.2) is 59.5 Å². The molecule has 7 heteroatoms. The predicted molar refractivity (Wildman–Crippen MR) is 103 cm³/mol. The average molecular weight is 373 g/mol. The van der Waals surface area contributed by atoms with Crippen LogP contribution in [0.25, 0.3) is 0 Å². The topological polar surface area (TPSA) is 69.7 Å². The summed E-state index contributed by atoms with van der Waals surface area (Å²) in [6.45, 7) is 1.88. The van der Waals surface area contributed by atoms with Gasteiger partial charge in [-0.15, -0.1) is 0 Å². The fourth-order valence-electron chi connectivity index (χ4n) is 2.99. The normalized spacial score (nSPS) is 14.6. The van der Waals surface area contributed by atoms with Crippen LogP contribution < -0.4 is 10.2 Å². The molecule has 26 heavy (non-hydrogen) atoms. The van der Waals surface area contributed by atoms with E-state index < -0.39 is 10.0 Å². The Balaban J connectivity index is 1.59. The second kappa shape index (κ2) is 7.88.